The van der Waals surface area contributed by atoms with Gasteiger partial charge < -0.3 is 0 Å². The van der Waals surface area contributed by atoms with Crippen LogP contribution in [0.15, 0.2) is 6.20 Å². The lowest BCUT2D eigenvalue weighted by molar-refractivity contribution is 0.651. The Morgan fingerprint density at radius 1 is 1.64 bits per heavy atom. The number of nitrogens with zero attached hydrogens (tertiary/aromatic N) is 1. The molecule has 2 nitrogen and oxygen atoms in total. The van der Waals surface area contributed by atoms with E-state index in [1.54, 1.807) is 0 Å². The molecule has 0 spiro atoms. The third kappa shape index (κ3) is 2.14. The fourth-order valence-corrected chi connectivity index (χ4v) is 3.28. The maximum atomic E-state index is 4.18. The van der Waals surface area contributed by atoms with Crippen molar-refractivity contribution in [2.24, 2.45) is 0 Å². The van der Waals surface area contributed by atoms with Gasteiger partial charge in [0.05, 0.1) is 6.20 Å². The summed E-state index contributed by atoms with van der Waals surface area (Å²) in [6.45, 7) is 2.22. The highest BCUT2D eigenvalue weighted by atomic mass is 32.2. The first kappa shape index (κ1) is 10.1. The number of aryl methyl sites for hydroxylation is 1. The van der Waals surface area contributed by atoms with Crippen LogP contribution >= 0.6 is 11.8 Å². The van der Waals surface area contributed by atoms with Gasteiger partial charge in [-0.15, -0.1) is 0 Å². The van der Waals surface area contributed by atoms with Crippen LogP contribution in [0.4, 0.5) is 0 Å². The first-order valence-corrected chi connectivity index (χ1v) is 6.67. The molecule has 0 saturated carbocycles. The van der Waals surface area contributed by atoms with E-state index >= 15 is 0 Å². The van der Waals surface area contributed by atoms with Gasteiger partial charge in [0, 0.05) is 11.4 Å². The van der Waals surface area contributed by atoms with E-state index in [0.717, 1.165) is 12.3 Å². The molecule has 0 amide bonds. The molecule has 2 heterocycles. The molecule has 1 aliphatic heterocycles. The maximum absolute atomic E-state index is 4.18. The van der Waals surface area contributed by atoms with Crippen molar-refractivity contribution in [2.45, 2.75) is 38.5 Å². The first-order chi connectivity index (χ1) is 6.92. The Kier molecular flexibility index (Phi) is 3.51. The summed E-state index contributed by atoms with van der Waals surface area (Å²) in [5, 5.41) is 7.33. The molecule has 3 heteroatoms. The minimum Gasteiger partial charge on any atom is -0.282 e. The van der Waals surface area contributed by atoms with Crippen LogP contribution in [-0.4, -0.2) is 21.7 Å². The molecular weight excluding hydrogens is 192 g/mol. The Bertz CT molecular complexity index is 277. The second kappa shape index (κ2) is 4.87. The lowest BCUT2D eigenvalue weighted by Gasteiger charge is -2.21. The topological polar surface area (TPSA) is 28.7 Å². The molecule has 1 atom stereocenters. The number of hydrogen-bond donors (Lipinski definition) is 1. The Balaban J connectivity index is 2.09. The molecule has 0 aromatic carbocycles. The minimum atomic E-state index is 0.758. The number of H-pyrrole nitrogens is 1. The average molecular weight is 210 g/mol. The van der Waals surface area contributed by atoms with Gasteiger partial charge in [-0.2, -0.15) is 16.9 Å². The van der Waals surface area contributed by atoms with Crippen LogP contribution in [0.3, 0.4) is 0 Å². The highest BCUT2D eigenvalue weighted by Gasteiger charge is 2.19. The van der Waals surface area contributed by atoms with Crippen molar-refractivity contribution in [1.82, 2.24) is 10.2 Å². The minimum absolute atomic E-state index is 0.758. The van der Waals surface area contributed by atoms with Gasteiger partial charge in [-0.1, -0.05) is 13.3 Å². The highest BCUT2D eigenvalue weighted by Crippen LogP contribution is 2.32. The monoisotopic (exact) mass is 210 g/mol. The second-order valence-corrected chi connectivity index (χ2v) is 5.12. The number of rotatable bonds is 3. The normalized spacial score (nSPS) is 22.5. The van der Waals surface area contributed by atoms with Gasteiger partial charge in [-0.05, 0) is 36.5 Å². The lowest BCUT2D eigenvalue weighted by atomic mass is 9.95. The number of aromatic amines is 1. The summed E-state index contributed by atoms with van der Waals surface area (Å²) < 4.78 is 0. The molecule has 14 heavy (non-hydrogen) atoms. The summed E-state index contributed by atoms with van der Waals surface area (Å²) in [5.41, 5.74) is 2.86. The SMILES string of the molecule is CCCc1[nH]ncc1C1CCCSC1. The van der Waals surface area contributed by atoms with Crippen LogP contribution in [0, 0.1) is 0 Å². The Morgan fingerprint density at radius 2 is 2.57 bits per heavy atom. The quantitative estimate of drug-likeness (QED) is 0.831. The van der Waals surface area contributed by atoms with Crippen LogP contribution < -0.4 is 0 Å². The number of aromatic nitrogens is 2. The molecule has 2 rings (SSSR count). The van der Waals surface area contributed by atoms with Crippen LogP contribution in [0.1, 0.15) is 43.4 Å². The van der Waals surface area contributed by atoms with Crippen LogP contribution in [0.2, 0.25) is 0 Å². The van der Waals surface area contributed by atoms with Crippen LogP contribution in [0.5, 0.6) is 0 Å². The van der Waals surface area contributed by atoms with E-state index in [9.17, 15) is 0 Å². The fraction of sp³-hybridized carbons (Fsp3) is 0.727. The van der Waals surface area contributed by atoms with E-state index in [4.69, 9.17) is 0 Å². The van der Waals surface area contributed by atoms with E-state index in [0.29, 0.717) is 0 Å². The predicted octanol–water partition coefficient (Wildman–Crippen LogP) is 2.97. The summed E-state index contributed by atoms with van der Waals surface area (Å²) in [6.07, 6.45) is 7.11. The van der Waals surface area contributed by atoms with Crippen molar-refractivity contribution in [1.29, 1.82) is 0 Å². The van der Waals surface area contributed by atoms with Crippen molar-refractivity contribution in [3.63, 3.8) is 0 Å². The lowest BCUT2D eigenvalue weighted by Crippen LogP contribution is -2.09. The molecule has 1 aromatic rings. The van der Waals surface area contributed by atoms with Gasteiger partial charge in [0.1, 0.15) is 0 Å². The molecule has 1 saturated heterocycles. The van der Waals surface area contributed by atoms with E-state index < -0.39 is 0 Å². The van der Waals surface area contributed by atoms with E-state index in [-0.39, 0.29) is 0 Å². The zero-order chi connectivity index (χ0) is 9.80. The molecule has 1 N–H and O–H groups in total. The van der Waals surface area contributed by atoms with Gasteiger partial charge >= 0.3 is 0 Å². The summed E-state index contributed by atoms with van der Waals surface area (Å²) in [4.78, 5) is 0. The van der Waals surface area contributed by atoms with E-state index in [1.807, 2.05) is 6.20 Å². The van der Waals surface area contributed by atoms with Crippen LogP contribution in [0.25, 0.3) is 0 Å². The average Bonchev–Trinajstić information content (AvgIpc) is 2.68. The van der Waals surface area contributed by atoms with Gasteiger partial charge in [0.25, 0.3) is 0 Å². The van der Waals surface area contributed by atoms with Gasteiger partial charge in [0.15, 0.2) is 0 Å². The largest absolute Gasteiger partial charge is 0.282 e. The summed E-state index contributed by atoms with van der Waals surface area (Å²) in [7, 11) is 0. The summed E-state index contributed by atoms with van der Waals surface area (Å²) in [6, 6.07) is 0. The second-order valence-electron chi connectivity index (χ2n) is 3.97. The molecule has 0 radical (unpaired) electrons. The van der Waals surface area contributed by atoms with Crippen molar-refractivity contribution in [3.8, 4) is 0 Å². The van der Waals surface area contributed by atoms with E-state index in [2.05, 4.69) is 28.9 Å². The van der Waals surface area contributed by atoms with Crippen molar-refractivity contribution < 1.29 is 0 Å². The molecule has 1 fully saturated rings. The smallest absolute Gasteiger partial charge is 0.0525 e. The molecule has 78 valence electrons. The third-order valence-electron chi connectivity index (χ3n) is 2.85. The number of hydrogen-bond acceptors (Lipinski definition) is 2. The fourth-order valence-electron chi connectivity index (χ4n) is 2.11. The summed E-state index contributed by atoms with van der Waals surface area (Å²) in [5.74, 6) is 3.39. The highest BCUT2D eigenvalue weighted by molar-refractivity contribution is 7.99. The van der Waals surface area contributed by atoms with Crippen molar-refractivity contribution in [2.75, 3.05) is 11.5 Å². The molecule has 1 aromatic heterocycles. The third-order valence-corrected chi connectivity index (χ3v) is 4.07. The summed E-state index contributed by atoms with van der Waals surface area (Å²) >= 11 is 2.09. The number of thioether (sulfide) groups is 1. The zero-order valence-corrected chi connectivity index (χ0v) is 9.57. The Hall–Kier alpha value is -0.440. The van der Waals surface area contributed by atoms with Gasteiger partial charge in [0.2, 0.25) is 0 Å². The molecule has 0 bridgehead atoms. The Morgan fingerprint density at radius 3 is 3.29 bits per heavy atom. The van der Waals surface area contributed by atoms with Crippen molar-refractivity contribution in [3.05, 3.63) is 17.5 Å². The molecular formula is C11H18N2S. The molecule has 1 unspecified atom stereocenters. The molecule has 0 aliphatic carbocycles. The Labute approximate surface area is 89.9 Å². The van der Waals surface area contributed by atoms with Gasteiger partial charge in [-0.3, -0.25) is 5.10 Å². The van der Waals surface area contributed by atoms with E-state index in [1.165, 1.54) is 42.0 Å². The first-order valence-electron chi connectivity index (χ1n) is 5.51. The molecule has 1 aliphatic rings. The maximum Gasteiger partial charge on any atom is 0.0525 e. The standard InChI is InChI=1S/C11H18N2S/c1-2-4-11-10(7-12-13-11)9-5-3-6-14-8-9/h7,9H,2-6,8H2,1H3,(H,12,13). The zero-order valence-electron chi connectivity index (χ0n) is 8.75. The number of nitrogens with one attached hydrogen (secondary N) is 1. The van der Waals surface area contributed by atoms with Gasteiger partial charge in [-0.25, -0.2) is 0 Å². The van der Waals surface area contributed by atoms with Crippen LogP contribution in [-0.2, 0) is 6.42 Å². The predicted molar refractivity (Wildman–Crippen MR) is 61.9 cm³/mol. The van der Waals surface area contributed by atoms with Crippen molar-refractivity contribution >= 4 is 11.8 Å².